The number of fused-ring (bicyclic) bond motifs is 1. The molecule has 0 aliphatic heterocycles. The SMILES string of the molecule is COC(=O)c1cc(-c2c(-c3ccc(F)cc3)nc(N)n3c(=O)[nH]nc23)cc(C)n1. The van der Waals surface area contributed by atoms with Crippen molar-refractivity contribution in [3.8, 4) is 22.4 Å². The fourth-order valence-electron chi connectivity index (χ4n) is 3.11. The van der Waals surface area contributed by atoms with Gasteiger partial charge >= 0.3 is 11.7 Å². The quantitative estimate of drug-likeness (QED) is 0.508. The molecule has 146 valence electrons. The van der Waals surface area contributed by atoms with Crippen molar-refractivity contribution in [1.29, 1.82) is 0 Å². The zero-order valence-electron chi connectivity index (χ0n) is 15.4. The van der Waals surface area contributed by atoms with Gasteiger partial charge in [0.2, 0.25) is 5.95 Å². The van der Waals surface area contributed by atoms with Crippen LogP contribution in [0.15, 0.2) is 41.2 Å². The highest BCUT2D eigenvalue weighted by atomic mass is 19.1. The monoisotopic (exact) mass is 394 g/mol. The Kier molecular flexibility index (Phi) is 4.30. The number of halogens is 1. The maximum absolute atomic E-state index is 13.4. The molecule has 0 spiro atoms. The van der Waals surface area contributed by atoms with E-state index in [1.807, 2.05) is 0 Å². The third-order valence-corrected chi connectivity index (χ3v) is 4.34. The lowest BCUT2D eigenvalue weighted by molar-refractivity contribution is 0.0594. The molecule has 0 fully saturated rings. The first-order chi connectivity index (χ1) is 13.9. The lowest BCUT2D eigenvalue weighted by atomic mass is 9.99. The van der Waals surface area contributed by atoms with E-state index in [1.54, 1.807) is 13.0 Å². The number of nitrogens with two attached hydrogens (primary N) is 1. The zero-order valence-corrected chi connectivity index (χ0v) is 15.4. The fourth-order valence-corrected chi connectivity index (χ4v) is 3.11. The number of hydrogen-bond donors (Lipinski definition) is 2. The van der Waals surface area contributed by atoms with E-state index in [2.05, 4.69) is 20.2 Å². The number of H-pyrrole nitrogens is 1. The Hall–Kier alpha value is -4.08. The number of carbonyl (C=O) groups excluding carboxylic acids is 1. The predicted octanol–water partition coefficient (Wildman–Crippen LogP) is 1.96. The molecule has 3 aromatic heterocycles. The second-order valence-corrected chi connectivity index (χ2v) is 6.26. The Morgan fingerprint density at radius 1 is 1.17 bits per heavy atom. The molecular weight excluding hydrogens is 379 g/mol. The highest BCUT2D eigenvalue weighted by molar-refractivity contribution is 5.94. The number of nitrogens with one attached hydrogen (secondary N) is 1. The number of esters is 1. The average molecular weight is 394 g/mol. The first kappa shape index (κ1) is 18.3. The molecule has 0 saturated carbocycles. The number of methoxy groups -OCH3 is 1. The van der Waals surface area contributed by atoms with Crippen LogP contribution in [0.25, 0.3) is 28.0 Å². The normalized spacial score (nSPS) is 11.0. The first-order valence-corrected chi connectivity index (χ1v) is 8.49. The highest BCUT2D eigenvalue weighted by Gasteiger charge is 2.21. The largest absolute Gasteiger partial charge is 0.464 e. The molecule has 0 aliphatic rings. The maximum atomic E-state index is 13.4. The summed E-state index contributed by atoms with van der Waals surface area (Å²) < 4.78 is 19.3. The molecular formula is C19H15FN6O3. The fraction of sp³-hybridized carbons (Fsp3) is 0.105. The molecule has 0 atom stereocenters. The topological polar surface area (TPSA) is 128 Å². The van der Waals surface area contributed by atoms with E-state index in [0.717, 1.165) is 4.40 Å². The summed E-state index contributed by atoms with van der Waals surface area (Å²) in [5.74, 6) is -1.11. The smallest absolute Gasteiger partial charge is 0.356 e. The highest BCUT2D eigenvalue weighted by Crippen LogP contribution is 2.34. The minimum atomic E-state index is -0.614. The Labute approximate surface area is 163 Å². The van der Waals surface area contributed by atoms with E-state index < -0.39 is 17.5 Å². The zero-order chi connectivity index (χ0) is 20.7. The standard InChI is InChI=1S/C19H15FN6O3/c1-9-7-11(8-13(22-9)17(27)29-2)14-15(10-3-5-12(20)6-4-10)23-18(21)26-16(14)24-25-19(26)28/h3-8H,1-2H3,(H2,21,23)(H,25,28). The van der Waals surface area contributed by atoms with Gasteiger partial charge in [-0.2, -0.15) is 5.10 Å². The second-order valence-electron chi connectivity index (χ2n) is 6.26. The van der Waals surface area contributed by atoms with Gasteiger partial charge in [0.25, 0.3) is 0 Å². The molecule has 0 unspecified atom stereocenters. The summed E-state index contributed by atoms with van der Waals surface area (Å²) in [5, 5.41) is 6.43. The van der Waals surface area contributed by atoms with Gasteiger partial charge < -0.3 is 10.5 Å². The van der Waals surface area contributed by atoms with Gasteiger partial charge in [0.1, 0.15) is 11.5 Å². The van der Waals surface area contributed by atoms with Crippen molar-refractivity contribution in [2.75, 3.05) is 12.8 Å². The van der Waals surface area contributed by atoms with Gasteiger partial charge in [-0.05, 0) is 48.9 Å². The van der Waals surface area contributed by atoms with E-state index in [1.165, 1.54) is 37.4 Å². The molecule has 9 nitrogen and oxygen atoms in total. The van der Waals surface area contributed by atoms with Crippen molar-refractivity contribution < 1.29 is 13.9 Å². The van der Waals surface area contributed by atoms with Gasteiger partial charge in [-0.1, -0.05) is 0 Å². The number of aromatic amines is 1. The van der Waals surface area contributed by atoms with Crippen LogP contribution in [0.3, 0.4) is 0 Å². The number of anilines is 1. The number of rotatable bonds is 3. The van der Waals surface area contributed by atoms with Gasteiger partial charge in [0.15, 0.2) is 5.65 Å². The Morgan fingerprint density at radius 2 is 1.90 bits per heavy atom. The molecule has 0 amide bonds. The van der Waals surface area contributed by atoms with E-state index in [9.17, 15) is 14.0 Å². The van der Waals surface area contributed by atoms with Crippen molar-refractivity contribution >= 4 is 17.6 Å². The van der Waals surface area contributed by atoms with Gasteiger partial charge in [-0.3, -0.25) is 0 Å². The Bertz CT molecular complexity index is 1310. The summed E-state index contributed by atoms with van der Waals surface area (Å²) in [7, 11) is 1.26. The van der Waals surface area contributed by atoms with Crippen molar-refractivity contribution in [3.63, 3.8) is 0 Å². The van der Waals surface area contributed by atoms with E-state index in [0.29, 0.717) is 28.1 Å². The van der Waals surface area contributed by atoms with Crippen LogP contribution in [0.1, 0.15) is 16.2 Å². The van der Waals surface area contributed by atoms with Gasteiger partial charge in [-0.25, -0.2) is 33.4 Å². The maximum Gasteiger partial charge on any atom is 0.356 e. The number of nitrogen functional groups attached to an aromatic ring is 1. The van der Waals surface area contributed by atoms with Crippen LogP contribution in [0, 0.1) is 12.7 Å². The molecule has 4 rings (SSSR count). The number of aryl methyl sites for hydroxylation is 1. The molecule has 4 aromatic rings. The summed E-state index contributed by atoms with van der Waals surface area (Å²) in [6.07, 6.45) is 0. The van der Waals surface area contributed by atoms with E-state index in [4.69, 9.17) is 10.5 Å². The van der Waals surface area contributed by atoms with Crippen molar-refractivity contribution in [2.45, 2.75) is 6.92 Å². The molecule has 3 heterocycles. The minimum Gasteiger partial charge on any atom is -0.464 e. The van der Waals surface area contributed by atoms with Crippen LogP contribution in [0.4, 0.5) is 10.3 Å². The van der Waals surface area contributed by atoms with Crippen LogP contribution in [-0.4, -0.2) is 37.6 Å². The average Bonchev–Trinajstić information content (AvgIpc) is 3.09. The molecule has 0 aliphatic carbocycles. The van der Waals surface area contributed by atoms with Crippen molar-refractivity contribution in [1.82, 2.24) is 24.6 Å². The Balaban J connectivity index is 2.10. The third kappa shape index (κ3) is 3.10. The summed E-state index contributed by atoms with van der Waals surface area (Å²) in [4.78, 5) is 32.7. The number of nitrogens with zero attached hydrogens (tertiary/aromatic N) is 4. The molecule has 1 aromatic carbocycles. The number of ether oxygens (including phenoxy) is 1. The summed E-state index contributed by atoms with van der Waals surface area (Å²) >= 11 is 0. The summed E-state index contributed by atoms with van der Waals surface area (Å²) in [6.45, 7) is 1.71. The van der Waals surface area contributed by atoms with E-state index in [-0.39, 0.29) is 17.3 Å². The molecule has 10 heteroatoms. The van der Waals surface area contributed by atoms with Gasteiger partial charge in [0, 0.05) is 11.3 Å². The molecule has 3 N–H and O–H groups in total. The van der Waals surface area contributed by atoms with Crippen LogP contribution in [0.5, 0.6) is 0 Å². The van der Waals surface area contributed by atoms with Crippen LogP contribution >= 0.6 is 0 Å². The van der Waals surface area contributed by atoms with E-state index >= 15 is 0 Å². The Morgan fingerprint density at radius 3 is 2.59 bits per heavy atom. The number of pyridine rings is 1. The summed E-state index contributed by atoms with van der Waals surface area (Å²) in [6, 6.07) is 8.88. The molecule has 0 radical (unpaired) electrons. The van der Waals surface area contributed by atoms with Crippen molar-refractivity contribution in [2.24, 2.45) is 0 Å². The van der Waals surface area contributed by atoms with Gasteiger partial charge in [0.05, 0.1) is 18.4 Å². The molecule has 0 saturated heterocycles. The molecule has 0 bridgehead atoms. The number of aromatic nitrogens is 5. The lowest BCUT2D eigenvalue weighted by Crippen LogP contribution is -2.15. The first-order valence-electron chi connectivity index (χ1n) is 8.49. The second kappa shape index (κ2) is 6.82. The van der Waals surface area contributed by atoms with Gasteiger partial charge in [-0.15, -0.1) is 0 Å². The van der Waals surface area contributed by atoms with Crippen LogP contribution < -0.4 is 11.4 Å². The number of carbonyl (C=O) groups is 1. The predicted molar refractivity (Wildman–Crippen MR) is 103 cm³/mol. The number of hydrogen-bond acceptors (Lipinski definition) is 7. The number of benzene rings is 1. The van der Waals surface area contributed by atoms with Crippen molar-refractivity contribution in [3.05, 3.63) is 64.1 Å². The lowest BCUT2D eigenvalue weighted by Gasteiger charge is -2.13. The van der Waals surface area contributed by atoms with Crippen LogP contribution in [0.2, 0.25) is 0 Å². The third-order valence-electron chi connectivity index (χ3n) is 4.34. The minimum absolute atomic E-state index is 0.0826. The van der Waals surface area contributed by atoms with Crippen LogP contribution in [-0.2, 0) is 4.74 Å². The summed E-state index contributed by atoms with van der Waals surface area (Å²) in [5.41, 5.74) is 8.13. The molecule has 29 heavy (non-hydrogen) atoms.